The second-order valence-electron chi connectivity index (χ2n) is 7.13. The van der Waals surface area contributed by atoms with Gasteiger partial charge in [0.15, 0.2) is 0 Å². The largest absolute Gasteiger partial charge is 0.273 e. The Morgan fingerprint density at radius 1 is 1.06 bits per heavy atom. The molecule has 0 atom stereocenters. The number of benzene rings is 2. The minimum absolute atomic E-state index is 0.0183. The van der Waals surface area contributed by atoms with E-state index in [4.69, 9.17) is 5.26 Å². The maximum atomic E-state index is 12.9. The Bertz CT molecular complexity index is 1100. The summed E-state index contributed by atoms with van der Waals surface area (Å²) in [7, 11) is -3.83. The predicted octanol–water partition coefficient (Wildman–Crippen LogP) is 1.49. The molecule has 0 spiro atoms. The Morgan fingerprint density at radius 2 is 1.71 bits per heavy atom. The van der Waals surface area contributed by atoms with E-state index in [0.717, 1.165) is 0 Å². The lowest BCUT2D eigenvalue weighted by atomic mass is 9.98. The molecule has 1 saturated heterocycles. The van der Waals surface area contributed by atoms with E-state index < -0.39 is 33.6 Å². The first kappa shape index (κ1) is 22.4. The van der Waals surface area contributed by atoms with Crippen LogP contribution in [0.4, 0.5) is 4.39 Å². The number of halogens is 1. The van der Waals surface area contributed by atoms with Crippen LogP contribution in [0.25, 0.3) is 0 Å². The van der Waals surface area contributed by atoms with Gasteiger partial charge in [-0.25, -0.2) is 12.8 Å². The van der Waals surface area contributed by atoms with Gasteiger partial charge in [0.25, 0.3) is 0 Å². The number of nitrogens with zero attached hydrogens (tertiary/aromatic N) is 2. The highest BCUT2D eigenvalue weighted by Crippen LogP contribution is 2.25. The number of piperidine rings is 1. The van der Waals surface area contributed by atoms with Crippen molar-refractivity contribution in [2.45, 2.75) is 24.2 Å². The fourth-order valence-electron chi connectivity index (χ4n) is 3.35. The van der Waals surface area contributed by atoms with Gasteiger partial charge in [0.2, 0.25) is 21.8 Å². The molecule has 0 unspecified atom stereocenters. The van der Waals surface area contributed by atoms with Gasteiger partial charge in [-0.3, -0.25) is 20.4 Å². The lowest BCUT2D eigenvalue weighted by Crippen LogP contribution is -2.48. The van der Waals surface area contributed by atoms with E-state index in [1.807, 2.05) is 6.07 Å². The van der Waals surface area contributed by atoms with Crippen molar-refractivity contribution < 1.29 is 22.4 Å². The molecule has 31 heavy (non-hydrogen) atoms. The van der Waals surface area contributed by atoms with Gasteiger partial charge in [-0.1, -0.05) is 24.3 Å². The highest BCUT2D eigenvalue weighted by Gasteiger charge is 2.33. The molecule has 2 aromatic rings. The molecule has 1 aliphatic heterocycles. The molecule has 8 nitrogen and oxygen atoms in total. The van der Waals surface area contributed by atoms with E-state index in [1.165, 1.54) is 40.7 Å². The maximum Gasteiger partial charge on any atom is 0.244 e. The molecule has 2 aromatic carbocycles. The molecule has 0 saturated carbocycles. The average molecular weight is 444 g/mol. The molecule has 0 bridgehead atoms. The molecular formula is C21H21FN4O4S. The molecule has 10 heteroatoms. The van der Waals surface area contributed by atoms with Gasteiger partial charge in [-0.15, -0.1) is 0 Å². The lowest BCUT2D eigenvalue weighted by Gasteiger charge is -2.30. The number of nitriles is 1. The molecule has 2 amide bonds. The minimum Gasteiger partial charge on any atom is -0.273 e. The van der Waals surface area contributed by atoms with Crippen molar-refractivity contribution in [1.29, 1.82) is 5.26 Å². The standard InChI is InChI=1S/C21H21FN4O4S/c22-18-7-5-15(6-8-18)13-20(27)24-25-21(28)16-9-11-26(12-10-16)31(29,30)19-4-2-1-3-17(19)14-23/h1-8,16H,9-13H2,(H,24,27)(H,25,28). The Labute approximate surface area is 179 Å². The van der Waals surface area contributed by atoms with Crippen molar-refractivity contribution in [1.82, 2.24) is 15.2 Å². The molecule has 2 N–H and O–H groups in total. The van der Waals surface area contributed by atoms with Crippen LogP contribution >= 0.6 is 0 Å². The van der Waals surface area contributed by atoms with Crippen LogP contribution in [-0.2, 0) is 26.0 Å². The summed E-state index contributed by atoms with van der Waals surface area (Å²) >= 11 is 0. The van der Waals surface area contributed by atoms with E-state index in [2.05, 4.69) is 10.9 Å². The number of carbonyl (C=O) groups is 2. The van der Waals surface area contributed by atoms with E-state index in [1.54, 1.807) is 12.1 Å². The summed E-state index contributed by atoms with van der Waals surface area (Å²) in [5.41, 5.74) is 5.37. The van der Waals surface area contributed by atoms with Crippen LogP contribution in [0.5, 0.6) is 0 Å². The first-order valence-electron chi connectivity index (χ1n) is 9.63. The second-order valence-corrected chi connectivity index (χ2v) is 9.03. The smallest absolute Gasteiger partial charge is 0.244 e. The number of hydrazine groups is 1. The van der Waals surface area contributed by atoms with Crippen LogP contribution in [0.3, 0.4) is 0 Å². The zero-order chi connectivity index (χ0) is 22.4. The molecule has 1 heterocycles. The molecule has 162 valence electrons. The van der Waals surface area contributed by atoms with Crippen LogP contribution in [0.1, 0.15) is 24.0 Å². The van der Waals surface area contributed by atoms with E-state index in [9.17, 15) is 22.4 Å². The van der Waals surface area contributed by atoms with Gasteiger partial charge in [-0.05, 0) is 42.7 Å². The number of carbonyl (C=O) groups excluding carboxylic acids is 2. The summed E-state index contributed by atoms with van der Waals surface area (Å²) in [6.07, 6.45) is 0.552. The zero-order valence-electron chi connectivity index (χ0n) is 16.5. The van der Waals surface area contributed by atoms with Crippen LogP contribution in [0.2, 0.25) is 0 Å². The molecule has 0 aromatic heterocycles. The lowest BCUT2D eigenvalue weighted by molar-refractivity contribution is -0.131. The van der Waals surface area contributed by atoms with Gasteiger partial charge in [0.05, 0.1) is 16.9 Å². The number of rotatable bonds is 5. The van der Waals surface area contributed by atoms with Gasteiger partial charge >= 0.3 is 0 Å². The fraction of sp³-hybridized carbons (Fsp3) is 0.286. The van der Waals surface area contributed by atoms with Crippen molar-refractivity contribution >= 4 is 21.8 Å². The highest BCUT2D eigenvalue weighted by molar-refractivity contribution is 7.89. The number of hydrogen-bond donors (Lipinski definition) is 2. The quantitative estimate of drug-likeness (QED) is 0.677. The number of nitrogens with one attached hydrogen (secondary N) is 2. The zero-order valence-corrected chi connectivity index (χ0v) is 17.4. The highest BCUT2D eigenvalue weighted by atomic mass is 32.2. The average Bonchev–Trinajstić information content (AvgIpc) is 2.79. The number of hydrogen-bond acceptors (Lipinski definition) is 5. The van der Waals surface area contributed by atoms with Crippen LogP contribution in [-0.4, -0.2) is 37.6 Å². The monoisotopic (exact) mass is 444 g/mol. The Morgan fingerprint density at radius 3 is 2.35 bits per heavy atom. The Kier molecular flexibility index (Phi) is 6.99. The first-order valence-corrected chi connectivity index (χ1v) is 11.1. The maximum absolute atomic E-state index is 12.9. The second kappa shape index (κ2) is 9.68. The summed E-state index contributed by atoms with van der Waals surface area (Å²) in [5.74, 6) is -1.71. The predicted molar refractivity (Wildman–Crippen MR) is 109 cm³/mol. The number of amides is 2. The minimum atomic E-state index is -3.83. The van der Waals surface area contributed by atoms with Gasteiger partial charge in [0.1, 0.15) is 11.9 Å². The topological polar surface area (TPSA) is 119 Å². The Balaban J connectivity index is 1.51. The summed E-state index contributed by atoms with van der Waals surface area (Å²) in [6, 6.07) is 13.3. The normalized spacial score (nSPS) is 15.1. The molecule has 0 aliphatic carbocycles. The van der Waals surface area contributed by atoms with Crippen LogP contribution < -0.4 is 10.9 Å². The van der Waals surface area contributed by atoms with Crippen molar-refractivity contribution in [3.05, 3.63) is 65.5 Å². The SMILES string of the molecule is N#Cc1ccccc1S(=O)(=O)N1CCC(C(=O)NNC(=O)Cc2ccc(F)cc2)CC1. The van der Waals surface area contributed by atoms with Crippen molar-refractivity contribution in [2.24, 2.45) is 5.92 Å². The molecule has 0 radical (unpaired) electrons. The van der Waals surface area contributed by atoms with E-state index >= 15 is 0 Å². The van der Waals surface area contributed by atoms with Gasteiger partial charge in [-0.2, -0.15) is 9.57 Å². The summed E-state index contributed by atoms with van der Waals surface area (Å²) in [6.45, 7) is 0.257. The number of sulfonamides is 1. The molecular weight excluding hydrogens is 423 g/mol. The Hall–Kier alpha value is -3.29. The third-order valence-electron chi connectivity index (χ3n) is 5.05. The molecule has 1 fully saturated rings. The summed E-state index contributed by atoms with van der Waals surface area (Å²) in [4.78, 5) is 24.2. The van der Waals surface area contributed by atoms with Crippen LogP contribution in [0, 0.1) is 23.1 Å². The third kappa shape index (κ3) is 5.45. The summed E-state index contributed by atoms with van der Waals surface area (Å²) < 4.78 is 39.9. The van der Waals surface area contributed by atoms with Crippen molar-refractivity contribution in [2.75, 3.05) is 13.1 Å². The first-order chi connectivity index (χ1) is 14.8. The van der Waals surface area contributed by atoms with E-state index in [0.29, 0.717) is 5.56 Å². The summed E-state index contributed by atoms with van der Waals surface area (Å²) in [5, 5.41) is 9.17. The van der Waals surface area contributed by atoms with Crippen molar-refractivity contribution in [3.8, 4) is 6.07 Å². The van der Waals surface area contributed by atoms with Crippen LogP contribution in [0.15, 0.2) is 53.4 Å². The van der Waals surface area contributed by atoms with Crippen molar-refractivity contribution in [3.63, 3.8) is 0 Å². The third-order valence-corrected chi connectivity index (χ3v) is 7.01. The molecule has 1 aliphatic rings. The van der Waals surface area contributed by atoms with E-state index in [-0.39, 0.29) is 42.8 Å². The molecule has 3 rings (SSSR count). The van der Waals surface area contributed by atoms with Gasteiger partial charge in [0, 0.05) is 19.0 Å². The fourth-order valence-corrected chi connectivity index (χ4v) is 4.96. The van der Waals surface area contributed by atoms with Gasteiger partial charge < -0.3 is 0 Å².